The molecule has 0 saturated heterocycles. The van der Waals surface area contributed by atoms with Gasteiger partial charge in [-0.15, -0.1) is 0 Å². The van der Waals surface area contributed by atoms with E-state index in [-0.39, 0.29) is 0 Å². The predicted octanol–water partition coefficient (Wildman–Crippen LogP) is 4.15. The number of hydrogen-bond acceptors (Lipinski definition) is 3. The zero-order valence-corrected chi connectivity index (χ0v) is 13.0. The highest BCUT2D eigenvalue weighted by molar-refractivity contribution is 5.72. The number of rotatable bonds is 3. The van der Waals surface area contributed by atoms with Crippen molar-refractivity contribution in [2.45, 2.75) is 0 Å². The van der Waals surface area contributed by atoms with Gasteiger partial charge < -0.3 is 5.73 Å². The topological polar surface area (TPSA) is 56.2 Å². The van der Waals surface area contributed by atoms with Gasteiger partial charge in [-0.3, -0.25) is 9.38 Å². The molecule has 116 valence electrons. The van der Waals surface area contributed by atoms with Gasteiger partial charge >= 0.3 is 0 Å². The number of aromatic nitrogens is 3. The van der Waals surface area contributed by atoms with Gasteiger partial charge in [-0.1, -0.05) is 24.3 Å². The summed E-state index contributed by atoms with van der Waals surface area (Å²) < 4.78 is 2.06. The lowest BCUT2D eigenvalue weighted by atomic mass is 10.1. The molecule has 1 aromatic carbocycles. The molecule has 0 amide bonds. The maximum absolute atomic E-state index is 5.88. The predicted molar refractivity (Wildman–Crippen MR) is 98.2 cm³/mol. The molecule has 0 saturated carbocycles. The molecule has 3 aromatic heterocycles. The molecule has 4 aromatic rings. The van der Waals surface area contributed by atoms with Gasteiger partial charge in [0.05, 0.1) is 17.6 Å². The van der Waals surface area contributed by atoms with E-state index in [0.29, 0.717) is 0 Å². The Bertz CT molecular complexity index is 1020. The average Bonchev–Trinajstić information content (AvgIpc) is 3.04. The molecule has 24 heavy (non-hydrogen) atoms. The summed E-state index contributed by atoms with van der Waals surface area (Å²) in [4.78, 5) is 8.80. The molecule has 4 heteroatoms. The van der Waals surface area contributed by atoms with Crippen LogP contribution < -0.4 is 5.73 Å². The van der Waals surface area contributed by atoms with E-state index in [1.807, 2.05) is 67.0 Å². The van der Waals surface area contributed by atoms with E-state index >= 15 is 0 Å². The highest BCUT2D eigenvalue weighted by Gasteiger charge is 2.06. The van der Waals surface area contributed by atoms with Gasteiger partial charge in [-0.2, -0.15) is 0 Å². The second-order valence-corrected chi connectivity index (χ2v) is 5.55. The third-order valence-corrected chi connectivity index (χ3v) is 3.85. The fraction of sp³-hybridized carbons (Fsp3) is 0. The SMILES string of the molecule is Nc1cccc(-c2cnc3cc(/C=C/c4ccccn4)ccn23)c1. The van der Waals surface area contributed by atoms with Crippen molar-refractivity contribution in [1.29, 1.82) is 0 Å². The van der Waals surface area contributed by atoms with E-state index in [1.54, 1.807) is 6.20 Å². The van der Waals surface area contributed by atoms with Crippen molar-refractivity contribution in [3.05, 3.63) is 84.4 Å². The molecular formula is C20H16N4. The van der Waals surface area contributed by atoms with Crippen molar-refractivity contribution in [2.24, 2.45) is 0 Å². The fourth-order valence-corrected chi connectivity index (χ4v) is 2.67. The van der Waals surface area contributed by atoms with Crippen molar-refractivity contribution in [3.63, 3.8) is 0 Å². The van der Waals surface area contributed by atoms with E-state index in [2.05, 4.69) is 26.5 Å². The monoisotopic (exact) mass is 312 g/mol. The Morgan fingerprint density at radius 2 is 1.88 bits per heavy atom. The third kappa shape index (κ3) is 2.77. The van der Waals surface area contributed by atoms with Crippen LogP contribution >= 0.6 is 0 Å². The van der Waals surface area contributed by atoms with Gasteiger partial charge in [0.15, 0.2) is 0 Å². The van der Waals surface area contributed by atoms with Crippen LogP contribution in [0.15, 0.2) is 73.2 Å². The first-order chi connectivity index (χ1) is 11.8. The summed E-state index contributed by atoms with van der Waals surface area (Å²) in [6.45, 7) is 0. The molecule has 3 heterocycles. The van der Waals surface area contributed by atoms with Crippen LogP contribution in [0.4, 0.5) is 5.69 Å². The van der Waals surface area contributed by atoms with Crippen LogP contribution in [0.25, 0.3) is 29.1 Å². The summed E-state index contributed by atoms with van der Waals surface area (Å²) in [6, 6.07) is 17.8. The Hall–Kier alpha value is -3.40. The van der Waals surface area contributed by atoms with Crippen LogP contribution in [-0.4, -0.2) is 14.4 Å². The second-order valence-electron chi connectivity index (χ2n) is 5.55. The molecule has 0 bridgehead atoms. The number of nitrogens with zero attached hydrogens (tertiary/aromatic N) is 3. The van der Waals surface area contributed by atoms with E-state index in [9.17, 15) is 0 Å². The van der Waals surface area contributed by atoms with Crippen molar-refractivity contribution >= 4 is 23.5 Å². The number of benzene rings is 1. The van der Waals surface area contributed by atoms with Gasteiger partial charge in [0.2, 0.25) is 0 Å². The summed E-state index contributed by atoms with van der Waals surface area (Å²) in [7, 11) is 0. The number of pyridine rings is 2. The molecule has 0 spiro atoms. The van der Waals surface area contributed by atoms with Gasteiger partial charge in [0.25, 0.3) is 0 Å². The lowest BCUT2D eigenvalue weighted by Crippen LogP contribution is -1.90. The van der Waals surface area contributed by atoms with Crippen LogP contribution in [0.3, 0.4) is 0 Å². The molecule has 0 aliphatic rings. The molecule has 4 rings (SSSR count). The largest absolute Gasteiger partial charge is 0.399 e. The summed E-state index contributed by atoms with van der Waals surface area (Å²) in [5.74, 6) is 0. The molecular weight excluding hydrogens is 296 g/mol. The number of hydrogen-bond donors (Lipinski definition) is 1. The van der Waals surface area contributed by atoms with Crippen LogP contribution in [0.5, 0.6) is 0 Å². The molecule has 0 unspecified atom stereocenters. The Morgan fingerprint density at radius 3 is 2.71 bits per heavy atom. The highest BCUT2D eigenvalue weighted by Crippen LogP contribution is 2.23. The van der Waals surface area contributed by atoms with E-state index < -0.39 is 0 Å². The smallest absolute Gasteiger partial charge is 0.137 e. The number of nitrogens with two attached hydrogens (primary N) is 1. The number of anilines is 1. The maximum Gasteiger partial charge on any atom is 0.137 e. The Kier molecular flexibility index (Phi) is 3.56. The third-order valence-electron chi connectivity index (χ3n) is 3.85. The van der Waals surface area contributed by atoms with Gasteiger partial charge in [-0.05, 0) is 48.0 Å². The Balaban J connectivity index is 1.69. The van der Waals surface area contributed by atoms with Gasteiger partial charge in [0, 0.05) is 23.6 Å². The number of fused-ring (bicyclic) bond motifs is 1. The van der Waals surface area contributed by atoms with E-state index in [0.717, 1.165) is 33.8 Å². The first kappa shape index (κ1) is 14.2. The van der Waals surface area contributed by atoms with Crippen LogP contribution in [0.2, 0.25) is 0 Å². The molecule has 0 aliphatic carbocycles. The maximum atomic E-state index is 5.88. The zero-order valence-electron chi connectivity index (χ0n) is 13.0. The number of nitrogen functional groups attached to an aromatic ring is 1. The zero-order chi connectivity index (χ0) is 16.4. The van der Waals surface area contributed by atoms with Crippen molar-refractivity contribution < 1.29 is 0 Å². The van der Waals surface area contributed by atoms with Crippen molar-refractivity contribution in [1.82, 2.24) is 14.4 Å². The fourth-order valence-electron chi connectivity index (χ4n) is 2.67. The number of imidazole rings is 1. The minimum absolute atomic E-state index is 0.748. The van der Waals surface area contributed by atoms with E-state index in [1.165, 1.54) is 0 Å². The lowest BCUT2D eigenvalue weighted by Gasteiger charge is -2.03. The van der Waals surface area contributed by atoms with Crippen molar-refractivity contribution in [3.8, 4) is 11.3 Å². The first-order valence-corrected chi connectivity index (χ1v) is 7.72. The summed E-state index contributed by atoms with van der Waals surface area (Å²) in [5.41, 5.74) is 11.6. The summed E-state index contributed by atoms with van der Waals surface area (Å²) in [5, 5.41) is 0. The van der Waals surface area contributed by atoms with Crippen LogP contribution in [0.1, 0.15) is 11.3 Å². The van der Waals surface area contributed by atoms with Crippen LogP contribution in [0, 0.1) is 0 Å². The molecule has 0 atom stereocenters. The average molecular weight is 312 g/mol. The summed E-state index contributed by atoms with van der Waals surface area (Å²) >= 11 is 0. The minimum atomic E-state index is 0.748. The Labute approximate surface area is 139 Å². The molecule has 4 nitrogen and oxygen atoms in total. The standard InChI is InChI=1S/C20H16N4/c21-17-5-3-4-16(13-17)19-14-23-20-12-15(9-11-24(19)20)7-8-18-6-1-2-10-22-18/h1-14H,21H2/b8-7+. The van der Waals surface area contributed by atoms with Gasteiger partial charge in [0.1, 0.15) is 5.65 Å². The first-order valence-electron chi connectivity index (χ1n) is 7.72. The molecule has 0 aliphatic heterocycles. The molecule has 0 fully saturated rings. The highest BCUT2D eigenvalue weighted by atomic mass is 15.0. The normalized spacial score (nSPS) is 11.3. The minimum Gasteiger partial charge on any atom is -0.399 e. The van der Waals surface area contributed by atoms with Crippen LogP contribution in [-0.2, 0) is 0 Å². The Morgan fingerprint density at radius 1 is 0.917 bits per heavy atom. The van der Waals surface area contributed by atoms with E-state index in [4.69, 9.17) is 5.73 Å². The van der Waals surface area contributed by atoms with Crippen molar-refractivity contribution in [2.75, 3.05) is 5.73 Å². The second kappa shape index (κ2) is 6.01. The molecule has 2 N–H and O–H groups in total. The molecule has 0 radical (unpaired) electrons. The quantitative estimate of drug-likeness (QED) is 0.578. The summed E-state index contributed by atoms with van der Waals surface area (Å²) in [6.07, 6.45) is 9.72. The van der Waals surface area contributed by atoms with Gasteiger partial charge in [-0.25, -0.2) is 4.98 Å². The lowest BCUT2D eigenvalue weighted by molar-refractivity contribution is 1.19.